The summed E-state index contributed by atoms with van der Waals surface area (Å²) in [7, 11) is 1.62. The third-order valence-electron chi connectivity index (χ3n) is 5.40. The number of nitrogens with zero attached hydrogens (tertiary/aromatic N) is 4. The van der Waals surface area contributed by atoms with E-state index < -0.39 is 5.54 Å². The molecule has 142 valence electrons. The topological polar surface area (TPSA) is 66.0 Å². The summed E-state index contributed by atoms with van der Waals surface area (Å²) < 4.78 is 5.17. The first-order valence-electron chi connectivity index (χ1n) is 9.26. The number of ether oxygens (including phenoxy) is 1. The van der Waals surface area contributed by atoms with E-state index in [-0.39, 0.29) is 18.0 Å². The van der Waals surface area contributed by atoms with E-state index >= 15 is 0 Å². The van der Waals surface area contributed by atoms with Crippen LogP contribution in [0.4, 0.5) is 4.79 Å². The molecule has 1 spiro atoms. The molecule has 3 rings (SSSR count). The Bertz CT molecular complexity index is 641. The van der Waals surface area contributed by atoms with Crippen molar-refractivity contribution in [2.24, 2.45) is 0 Å². The summed E-state index contributed by atoms with van der Waals surface area (Å²) in [5.41, 5.74) is 0.304. The number of amides is 3. The lowest BCUT2D eigenvalue weighted by atomic mass is 9.85. The lowest BCUT2D eigenvalue weighted by Gasteiger charge is -2.42. The van der Waals surface area contributed by atoms with Gasteiger partial charge >= 0.3 is 6.03 Å². The molecule has 0 aromatic carbocycles. The number of aromatic nitrogens is 1. The van der Waals surface area contributed by atoms with Crippen LogP contribution in [0.15, 0.2) is 24.4 Å². The zero-order chi connectivity index (χ0) is 18.7. The second-order valence-corrected chi connectivity index (χ2v) is 7.32. The van der Waals surface area contributed by atoms with Gasteiger partial charge in [0.25, 0.3) is 5.91 Å². The molecule has 0 atom stereocenters. The summed E-state index contributed by atoms with van der Waals surface area (Å²) in [5, 5.41) is 0. The van der Waals surface area contributed by atoms with E-state index in [9.17, 15) is 9.59 Å². The summed E-state index contributed by atoms with van der Waals surface area (Å²) in [5.74, 6) is -0.0499. The molecule has 2 aliphatic heterocycles. The average Bonchev–Trinajstić information content (AvgIpc) is 2.83. The van der Waals surface area contributed by atoms with E-state index in [1.54, 1.807) is 18.2 Å². The van der Waals surface area contributed by atoms with Crippen LogP contribution in [0.25, 0.3) is 0 Å². The Morgan fingerprint density at radius 2 is 1.96 bits per heavy atom. The lowest BCUT2D eigenvalue weighted by Crippen LogP contribution is -2.57. The highest BCUT2D eigenvalue weighted by molar-refractivity contribution is 6.07. The molecule has 1 aromatic rings. The minimum atomic E-state index is -0.722. The third kappa shape index (κ3) is 3.33. The van der Waals surface area contributed by atoms with Crippen molar-refractivity contribution < 1.29 is 14.3 Å². The Labute approximate surface area is 154 Å². The van der Waals surface area contributed by atoms with Gasteiger partial charge in [-0.3, -0.25) is 19.6 Å². The molecule has 3 heterocycles. The maximum Gasteiger partial charge on any atom is 0.327 e. The van der Waals surface area contributed by atoms with Crippen molar-refractivity contribution in [1.82, 2.24) is 19.7 Å². The van der Waals surface area contributed by atoms with Gasteiger partial charge in [0, 0.05) is 45.5 Å². The largest absolute Gasteiger partial charge is 0.383 e. The van der Waals surface area contributed by atoms with Crippen LogP contribution in [0.3, 0.4) is 0 Å². The van der Waals surface area contributed by atoms with E-state index in [2.05, 4.69) is 9.88 Å². The molecule has 2 saturated heterocycles. The van der Waals surface area contributed by atoms with Crippen LogP contribution in [0.2, 0.25) is 0 Å². The van der Waals surface area contributed by atoms with Gasteiger partial charge in [-0.1, -0.05) is 6.07 Å². The molecule has 0 bridgehead atoms. The summed E-state index contributed by atoms with van der Waals surface area (Å²) in [6.45, 7) is 6.97. The summed E-state index contributed by atoms with van der Waals surface area (Å²) in [4.78, 5) is 35.9. The monoisotopic (exact) mass is 360 g/mol. The van der Waals surface area contributed by atoms with Crippen LogP contribution in [0.1, 0.15) is 32.4 Å². The molecule has 0 radical (unpaired) electrons. The van der Waals surface area contributed by atoms with Crippen LogP contribution < -0.4 is 0 Å². The highest BCUT2D eigenvalue weighted by Crippen LogP contribution is 2.38. The van der Waals surface area contributed by atoms with Crippen LogP contribution in [-0.2, 0) is 16.1 Å². The van der Waals surface area contributed by atoms with Crippen molar-refractivity contribution in [3.8, 4) is 0 Å². The maximum absolute atomic E-state index is 13.2. The number of imide groups is 1. The standard InChI is InChI=1S/C19H28N4O3/c1-15(2)23-17(24)19(22(18(23)25)12-13-26-3)7-10-21(11-8-19)14-16-6-4-5-9-20-16/h4-6,9,15H,7-8,10-14H2,1-3H3. The number of methoxy groups -OCH3 is 1. The van der Waals surface area contributed by atoms with Crippen molar-refractivity contribution in [3.05, 3.63) is 30.1 Å². The van der Waals surface area contributed by atoms with Crippen molar-refractivity contribution in [1.29, 1.82) is 0 Å². The summed E-state index contributed by atoms with van der Waals surface area (Å²) in [6.07, 6.45) is 3.10. The van der Waals surface area contributed by atoms with Crippen molar-refractivity contribution >= 4 is 11.9 Å². The first-order chi connectivity index (χ1) is 12.5. The van der Waals surface area contributed by atoms with Crippen molar-refractivity contribution in [3.63, 3.8) is 0 Å². The predicted molar refractivity (Wildman–Crippen MR) is 97.4 cm³/mol. The Balaban J connectivity index is 1.74. The number of carbonyl (C=O) groups is 2. The van der Waals surface area contributed by atoms with E-state index in [0.29, 0.717) is 26.0 Å². The fourth-order valence-electron chi connectivity index (χ4n) is 3.97. The van der Waals surface area contributed by atoms with Gasteiger partial charge in [0.2, 0.25) is 0 Å². The Kier molecular flexibility index (Phi) is 5.58. The molecule has 2 aliphatic rings. The minimum absolute atomic E-state index is 0.0499. The third-order valence-corrected chi connectivity index (χ3v) is 5.40. The Morgan fingerprint density at radius 1 is 1.23 bits per heavy atom. The molecule has 0 N–H and O–H groups in total. The fourth-order valence-corrected chi connectivity index (χ4v) is 3.97. The highest BCUT2D eigenvalue weighted by atomic mass is 16.5. The lowest BCUT2D eigenvalue weighted by molar-refractivity contribution is -0.136. The van der Waals surface area contributed by atoms with E-state index in [4.69, 9.17) is 4.74 Å². The maximum atomic E-state index is 13.2. The van der Waals surface area contributed by atoms with E-state index in [1.165, 1.54) is 4.90 Å². The van der Waals surface area contributed by atoms with Gasteiger partial charge in [-0.05, 0) is 38.8 Å². The molecule has 0 aliphatic carbocycles. The second kappa shape index (κ2) is 7.72. The molecule has 0 unspecified atom stereocenters. The van der Waals surface area contributed by atoms with Gasteiger partial charge < -0.3 is 9.64 Å². The first-order valence-corrected chi connectivity index (χ1v) is 9.26. The van der Waals surface area contributed by atoms with Crippen LogP contribution in [0.5, 0.6) is 0 Å². The number of pyridine rings is 1. The molecule has 1 aromatic heterocycles. The Hall–Kier alpha value is -1.99. The van der Waals surface area contributed by atoms with Gasteiger partial charge in [0.1, 0.15) is 5.54 Å². The predicted octanol–water partition coefficient (Wildman–Crippen LogP) is 1.74. The van der Waals surface area contributed by atoms with Crippen LogP contribution in [0, 0.1) is 0 Å². The minimum Gasteiger partial charge on any atom is -0.383 e. The number of rotatable bonds is 6. The number of likely N-dealkylation sites (tertiary alicyclic amines) is 1. The Morgan fingerprint density at radius 3 is 2.54 bits per heavy atom. The van der Waals surface area contributed by atoms with Crippen molar-refractivity contribution in [2.75, 3.05) is 33.4 Å². The van der Waals surface area contributed by atoms with Crippen LogP contribution in [-0.4, -0.2) is 76.6 Å². The number of urea groups is 1. The van der Waals surface area contributed by atoms with E-state index in [1.807, 2.05) is 32.0 Å². The molecular weight excluding hydrogens is 332 g/mol. The highest BCUT2D eigenvalue weighted by Gasteiger charge is 2.58. The van der Waals surface area contributed by atoms with Crippen molar-refractivity contribution in [2.45, 2.75) is 44.8 Å². The molecule has 3 amide bonds. The number of carbonyl (C=O) groups excluding carboxylic acids is 2. The van der Waals surface area contributed by atoms with Gasteiger partial charge in [0.15, 0.2) is 0 Å². The fraction of sp³-hybridized carbons (Fsp3) is 0.632. The van der Waals surface area contributed by atoms with Gasteiger partial charge in [-0.2, -0.15) is 0 Å². The molecule has 2 fully saturated rings. The summed E-state index contributed by atoms with van der Waals surface area (Å²) in [6, 6.07) is 5.59. The molecule has 7 nitrogen and oxygen atoms in total. The van der Waals surface area contributed by atoms with Crippen LogP contribution >= 0.6 is 0 Å². The second-order valence-electron chi connectivity index (χ2n) is 7.32. The molecular formula is C19H28N4O3. The number of hydrogen-bond acceptors (Lipinski definition) is 5. The zero-order valence-corrected chi connectivity index (χ0v) is 15.9. The molecule has 0 saturated carbocycles. The van der Waals surface area contributed by atoms with E-state index in [0.717, 1.165) is 25.3 Å². The normalized spacial score (nSPS) is 20.6. The summed E-state index contributed by atoms with van der Waals surface area (Å²) >= 11 is 0. The van der Waals surface area contributed by atoms with Gasteiger partial charge in [-0.25, -0.2) is 4.79 Å². The van der Waals surface area contributed by atoms with Gasteiger partial charge in [-0.15, -0.1) is 0 Å². The number of piperidine rings is 1. The number of hydrogen-bond donors (Lipinski definition) is 0. The quantitative estimate of drug-likeness (QED) is 0.723. The SMILES string of the molecule is COCCN1C(=O)N(C(C)C)C(=O)C12CCN(Cc1ccccn1)CC2. The average molecular weight is 360 g/mol. The smallest absolute Gasteiger partial charge is 0.327 e. The first kappa shape index (κ1) is 18.8. The molecule has 26 heavy (non-hydrogen) atoms. The van der Waals surface area contributed by atoms with Gasteiger partial charge in [0.05, 0.1) is 12.3 Å². The zero-order valence-electron chi connectivity index (χ0n) is 15.9. The molecule has 7 heteroatoms.